The Balaban J connectivity index is 2.38. The van der Waals surface area contributed by atoms with Gasteiger partial charge in [-0.15, -0.1) is 0 Å². The Morgan fingerprint density at radius 1 is 1.56 bits per heavy atom. The summed E-state index contributed by atoms with van der Waals surface area (Å²) in [5.41, 5.74) is 1.67. The van der Waals surface area contributed by atoms with Crippen molar-refractivity contribution in [2.75, 3.05) is 11.4 Å². The summed E-state index contributed by atoms with van der Waals surface area (Å²) in [6.45, 7) is 6.79. The van der Waals surface area contributed by atoms with Crippen LogP contribution in [0, 0.1) is 12.3 Å². The van der Waals surface area contributed by atoms with Crippen LogP contribution < -0.4 is 4.90 Å². The molecule has 2 heterocycles. The Morgan fingerprint density at radius 2 is 2.28 bits per heavy atom. The smallest absolute Gasteiger partial charge is 0.326 e. The highest BCUT2D eigenvalue weighted by Crippen LogP contribution is 2.37. The lowest BCUT2D eigenvalue weighted by atomic mass is 9.76. The molecule has 1 N–H and O–H groups in total. The monoisotopic (exact) mass is 248 g/mol. The first-order valence-electron chi connectivity index (χ1n) is 6.34. The Morgan fingerprint density at radius 3 is 2.89 bits per heavy atom. The van der Waals surface area contributed by atoms with Crippen LogP contribution in [0.1, 0.15) is 32.4 Å². The summed E-state index contributed by atoms with van der Waals surface area (Å²) in [6, 6.07) is 3.38. The maximum absolute atomic E-state index is 11.6. The molecule has 2 rings (SSSR count). The van der Waals surface area contributed by atoms with Gasteiger partial charge in [-0.1, -0.05) is 13.8 Å². The molecular weight excluding hydrogens is 228 g/mol. The van der Waals surface area contributed by atoms with Gasteiger partial charge in [0.15, 0.2) is 0 Å². The van der Waals surface area contributed by atoms with Gasteiger partial charge in [0, 0.05) is 24.1 Å². The second-order valence-electron chi connectivity index (χ2n) is 5.68. The number of aromatic nitrogens is 1. The van der Waals surface area contributed by atoms with Gasteiger partial charge in [0.2, 0.25) is 0 Å². The average molecular weight is 248 g/mol. The average Bonchev–Trinajstić information content (AvgIpc) is 2.26. The molecule has 1 atom stereocenters. The number of anilines is 1. The molecule has 1 unspecified atom stereocenters. The third kappa shape index (κ3) is 2.33. The zero-order chi connectivity index (χ0) is 13.3. The van der Waals surface area contributed by atoms with Crippen molar-refractivity contribution in [3.05, 3.63) is 24.0 Å². The highest BCUT2D eigenvalue weighted by atomic mass is 16.4. The van der Waals surface area contributed by atoms with Crippen LogP contribution in [0.25, 0.3) is 0 Å². The van der Waals surface area contributed by atoms with Crippen molar-refractivity contribution in [3.63, 3.8) is 0 Å². The van der Waals surface area contributed by atoms with Gasteiger partial charge >= 0.3 is 5.97 Å². The lowest BCUT2D eigenvalue weighted by molar-refractivity contribution is -0.142. The van der Waals surface area contributed by atoms with E-state index >= 15 is 0 Å². The van der Waals surface area contributed by atoms with E-state index in [1.807, 2.05) is 37.8 Å². The minimum absolute atomic E-state index is 0.207. The van der Waals surface area contributed by atoms with E-state index in [-0.39, 0.29) is 5.41 Å². The van der Waals surface area contributed by atoms with Gasteiger partial charge in [0.1, 0.15) is 6.04 Å². The minimum Gasteiger partial charge on any atom is -0.480 e. The first-order valence-corrected chi connectivity index (χ1v) is 6.34. The second-order valence-corrected chi connectivity index (χ2v) is 5.68. The van der Waals surface area contributed by atoms with Crippen LogP contribution in [0.15, 0.2) is 18.3 Å². The number of piperidine rings is 1. The van der Waals surface area contributed by atoms with Gasteiger partial charge in [-0.25, -0.2) is 4.79 Å². The topological polar surface area (TPSA) is 53.4 Å². The van der Waals surface area contributed by atoms with Crippen molar-refractivity contribution in [2.45, 2.75) is 39.7 Å². The molecule has 0 bridgehead atoms. The highest BCUT2D eigenvalue weighted by Gasteiger charge is 2.42. The molecule has 4 heteroatoms. The van der Waals surface area contributed by atoms with Gasteiger partial charge in [0.25, 0.3) is 0 Å². The van der Waals surface area contributed by atoms with E-state index < -0.39 is 12.0 Å². The summed E-state index contributed by atoms with van der Waals surface area (Å²) in [5, 5.41) is 9.52. The van der Waals surface area contributed by atoms with Crippen LogP contribution in [0.3, 0.4) is 0 Å². The Labute approximate surface area is 108 Å². The maximum atomic E-state index is 11.6. The minimum atomic E-state index is -0.742. The number of carbonyl (C=O) groups is 1. The second kappa shape index (κ2) is 4.59. The number of aliphatic carboxylic acids is 1. The molecule has 1 aromatic rings. The van der Waals surface area contributed by atoms with E-state index in [9.17, 15) is 9.90 Å². The van der Waals surface area contributed by atoms with Gasteiger partial charge < -0.3 is 10.0 Å². The quantitative estimate of drug-likeness (QED) is 0.873. The summed E-state index contributed by atoms with van der Waals surface area (Å²) >= 11 is 0. The fraction of sp³-hybridized carbons (Fsp3) is 0.571. The van der Waals surface area contributed by atoms with E-state index in [2.05, 4.69) is 4.98 Å². The van der Waals surface area contributed by atoms with Crippen molar-refractivity contribution in [1.29, 1.82) is 0 Å². The summed E-state index contributed by atoms with van der Waals surface area (Å²) in [7, 11) is 0. The lowest BCUT2D eigenvalue weighted by Crippen LogP contribution is -2.54. The fourth-order valence-electron chi connectivity index (χ4n) is 2.85. The SMILES string of the molecule is Cc1cc(N2CCCC(C)(C)C2C(=O)O)ccn1. The third-order valence-electron chi connectivity index (χ3n) is 3.72. The number of hydrogen-bond donors (Lipinski definition) is 1. The molecule has 1 fully saturated rings. The standard InChI is InChI=1S/C14H20N2O2/c1-10-9-11(5-7-15-10)16-8-4-6-14(2,3)12(16)13(17)18/h5,7,9,12H,4,6,8H2,1-3H3,(H,17,18). The van der Waals surface area contributed by atoms with E-state index in [0.29, 0.717) is 0 Å². The van der Waals surface area contributed by atoms with E-state index in [1.165, 1.54) is 0 Å². The molecule has 0 spiro atoms. The first-order chi connectivity index (χ1) is 8.42. The third-order valence-corrected chi connectivity index (χ3v) is 3.72. The summed E-state index contributed by atoms with van der Waals surface area (Å²) in [5.74, 6) is -0.742. The molecule has 0 aromatic carbocycles. The molecule has 98 valence electrons. The predicted octanol–water partition coefficient (Wildman–Crippen LogP) is 2.47. The molecule has 0 aliphatic carbocycles. The molecule has 1 aliphatic heterocycles. The van der Waals surface area contributed by atoms with Crippen molar-refractivity contribution in [3.8, 4) is 0 Å². The molecule has 18 heavy (non-hydrogen) atoms. The molecule has 0 radical (unpaired) electrons. The zero-order valence-corrected chi connectivity index (χ0v) is 11.2. The normalized spacial score (nSPS) is 22.8. The number of carboxylic acids is 1. The molecule has 0 amide bonds. The molecule has 0 saturated carbocycles. The van der Waals surface area contributed by atoms with Gasteiger partial charge in [0.05, 0.1) is 0 Å². The highest BCUT2D eigenvalue weighted by molar-refractivity contribution is 5.79. The Hall–Kier alpha value is -1.58. The number of rotatable bonds is 2. The maximum Gasteiger partial charge on any atom is 0.326 e. The zero-order valence-electron chi connectivity index (χ0n) is 11.2. The van der Waals surface area contributed by atoms with Crippen LogP contribution in [0.5, 0.6) is 0 Å². The van der Waals surface area contributed by atoms with Crippen molar-refractivity contribution in [2.24, 2.45) is 5.41 Å². The molecule has 1 aromatic heterocycles. The first kappa shape index (κ1) is 12.9. The van der Waals surface area contributed by atoms with Crippen molar-refractivity contribution in [1.82, 2.24) is 4.98 Å². The molecule has 1 saturated heterocycles. The Kier molecular flexibility index (Phi) is 3.28. The van der Waals surface area contributed by atoms with Crippen LogP contribution in [-0.4, -0.2) is 28.6 Å². The number of pyridine rings is 1. The largest absolute Gasteiger partial charge is 0.480 e. The summed E-state index contributed by atoms with van der Waals surface area (Å²) in [6.07, 6.45) is 3.72. The van der Waals surface area contributed by atoms with E-state index in [1.54, 1.807) is 6.20 Å². The molecular formula is C14H20N2O2. The van der Waals surface area contributed by atoms with Crippen LogP contribution in [0.2, 0.25) is 0 Å². The van der Waals surface area contributed by atoms with Gasteiger partial charge in [-0.05, 0) is 37.3 Å². The summed E-state index contributed by atoms with van der Waals surface area (Å²) in [4.78, 5) is 17.7. The van der Waals surface area contributed by atoms with Crippen molar-refractivity contribution < 1.29 is 9.90 Å². The Bertz CT molecular complexity index is 457. The summed E-state index contributed by atoms with van der Waals surface area (Å²) < 4.78 is 0. The number of hydrogen-bond acceptors (Lipinski definition) is 3. The lowest BCUT2D eigenvalue weighted by Gasteiger charge is -2.45. The predicted molar refractivity (Wildman–Crippen MR) is 70.8 cm³/mol. The number of nitrogens with zero attached hydrogens (tertiary/aromatic N) is 2. The van der Waals surface area contributed by atoms with Crippen molar-refractivity contribution >= 4 is 11.7 Å². The molecule has 4 nitrogen and oxygen atoms in total. The molecule has 1 aliphatic rings. The van der Waals surface area contributed by atoms with Gasteiger partial charge in [-0.3, -0.25) is 4.98 Å². The van der Waals surface area contributed by atoms with Crippen LogP contribution in [0.4, 0.5) is 5.69 Å². The number of aryl methyl sites for hydroxylation is 1. The fourth-order valence-corrected chi connectivity index (χ4v) is 2.85. The van der Waals surface area contributed by atoms with E-state index in [0.717, 1.165) is 30.8 Å². The van der Waals surface area contributed by atoms with Crippen LogP contribution in [-0.2, 0) is 4.79 Å². The van der Waals surface area contributed by atoms with E-state index in [4.69, 9.17) is 0 Å². The number of carboxylic acid groups (broad SMARTS) is 1. The van der Waals surface area contributed by atoms with Crippen LogP contribution >= 0.6 is 0 Å². The van der Waals surface area contributed by atoms with Gasteiger partial charge in [-0.2, -0.15) is 0 Å².